The number of hydrogen-bond donors (Lipinski definition) is 3. The van der Waals surface area contributed by atoms with Gasteiger partial charge in [0, 0.05) is 19.4 Å². The molecule has 0 unspecified atom stereocenters. The van der Waals surface area contributed by atoms with Crippen LogP contribution >= 0.6 is 0 Å². The predicted octanol–water partition coefficient (Wildman–Crippen LogP) is -0.268. The molecule has 3 N–H and O–H groups in total. The Hall–Kier alpha value is -1.85. The third-order valence-corrected chi connectivity index (χ3v) is 1.08. The van der Waals surface area contributed by atoms with E-state index in [1.54, 1.807) is 18.5 Å². The lowest BCUT2D eigenvalue weighted by Gasteiger charge is -2.04. The van der Waals surface area contributed by atoms with Crippen LogP contribution in [0.1, 0.15) is 0 Å². The van der Waals surface area contributed by atoms with Crippen LogP contribution in [0.4, 0.5) is 10.7 Å². The van der Waals surface area contributed by atoms with Gasteiger partial charge >= 0.3 is 6.03 Å². The maximum Gasteiger partial charge on any atom is 0.333 e. The molecule has 1 aromatic heterocycles. The molecule has 0 atom stereocenters. The zero-order valence-electron chi connectivity index (χ0n) is 6.53. The van der Waals surface area contributed by atoms with Crippen molar-refractivity contribution in [1.82, 2.24) is 20.7 Å². The van der Waals surface area contributed by atoms with Gasteiger partial charge in [0.2, 0.25) is 5.95 Å². The first-order chi connectivity index (χ1) is 5.83. The van der Waals surface area contributed by atoms with Crippen molar-refractivity contribution in [3.8, 4) is 0 Å². The minimum atomic E-state index is -0.345. The molecule has 0 saturated heterocycles. The standard InChI is InChI=1S/C6H9N5O/c1-7-6(12)11-10-5-8-3-2-4-9-5/h2-4H,1H3,(H2,7,11,12)(H,8,9,10). The van der Waals surface area contributed by atoms with Crippen molar-refractivity contribution in [1.29, 1.82) is 0 Å². The van der Waals surface area contributed by atoms with Crippen LogP contribution < -0.4 is 16.2 Å². The maximum atomic E-state index is 10.6. The lowest BCUT2D eigenvalue weighted by atomic mass is 10.7. The average Bonchev–Trinajstić information content (AvgIpc) is 2.16. The molecule has 0 aliphatic rings. The molecule has 6 nitrogen and oxygen atoms in total. The van der Waals surface area contributed by atoms with E-state index in [1.807, 2.05) is 0 Å². The first-order valence-corrected chi connectivity index (χ1v) is 3.33. The fraction of sp³-hybridized carbons (Fsp3) is 0.167. The number of carbonyl (C=O) groups is 1. The van der Waals surface area contributed by atoms with Gasteiger partial charge in [-0.3, -0.25) is 5.43 Å². The molecule has 0 aliphatic heterocycles. The Morgan fingerprint density at radius 3 is 2.67 bits per heavy atom. The average molecular weight is 167 g/mol. The predicted molar refractivity (Wildman–Crippen MR) is 43.2 cm³/mol. The summed E-state index contributed by atoms with van der Waals surface area (Å²) in [6.45, 7) is 0. The van der Waals surface area contributed by atoms with Gasteiger partial charge in [-0.2, -0.15) is 0 Å². The van der Waals surface area contributed by atoms with E-state index in [0.717, 1.165) is 0 Å². The summed E-state index contributed by atoms with van der Waals surface area (Å²) in [6.07, 6.45) is 3.14. The van der Waals surface area contributed by atoms with E-state index in [0.29, 0.717) is 5.95 Å². The first-order valence-electron chi connectivity index (χ1n) is 3.33. The minimum Gasteiger partial charge on any atom is -0.340 e. The van der Waals surface area contributed by atoms with Crippen molar-refractivity contribution in [3.63, 3.8) is 0 Å². The Labute approximate surface area is 69.4 Å². The fourth-order valence-corrected chi connectivity index (χ4v) is 0.539. The molecule has 1 heterocycles. The van der Waals surface area contributed by atoms with Crippen LogP contribution in [-0.4, -0.2) is 23.0 Å². The van der Waals surface area contributed by atoms with Crippen molar-refractivity contribution >= 4 is 12.0 Å². The Bertz CT molecular complexity index is 249. The van der Waals surface area contributed by atoms with Gasteiger partial charge in [0.15, 0.2) is 0 Å². The Kier molecular flexibility index (Phi) is 2.83. The van der Waals surface area contributed by atoms with Crippen LogP contribution in [0, 0.1) is 0 Å². The number of hydrazine groups is 1. The molecule has 64 valence electrons. The smallest absolute Gasteiger partial charge is 0.333 e. The number of rotatable bonds is 2. The second-order valence-electron chi connectivity index (χ2n) is 1.90. The Morgan fingerprint density at radius 2 is 2.08 bits per heavy atom. The number of nitrogens with one attached hydrogen (secondary N) is 3. The SMILES string of the molecule is CNC(=O)NNc1ncccn1. The van der Waals surface area contributed by atoms with Crippen molar-refractivity contribution in [2.75, 3.05) is 12.5 Å². The van der Waals surface area contributed by atoms with Gasteiger partial charge in [-0.1, -0.05) is 0 Å². The number of amides is 2. The molecular weight excluding hydrogens is 158 g/mol. The van der Waals surface area contributed by atoms with Crippen LogP contribution in [0.3, 0.4) is 0 Å². The van der Waals surface area contributed by atoms with Crippen molar-refractivity contribution in [3.05, 3.63) is 18.5 Å². The number of hydrogen-bond acceptors (Lipinski definition) is 4. The van der Waals surface area contributed by atoms with Gasteiger partial charge in [-0.05, 0) is 6.07 Å². The number of nitrogens with zero attached hydrogens (tertiary/aromatic N) is 2. The number of anilines is 1. The van der Waals surface area contributed by atoms with E-state index in [-0.39, 0.29) is 6.03 Å². The summed E-state index contributed by atoms with van der Waals surface area (Å²) in [5.41, 5.74) is 4.83. The van der Waals surface area contributed by atoms with E-state index in [4.69, 9.17) is 0 Å². The summed E-state index contributed by atoms with van der Waals surface area (Å²) in [6, 6.07) is 1.34. The highest BCUT2D eigenvalue weighted by atomic mass is 16.2. The van der Waals surface area contributed by atoms with E-state index >= 15 is 0 Å². The van der Waals surface area contributed by atoms with Crippen molar-refractivity contribution in [2.24, 2.45) is 0 Å². The summed E-state index contributed by atoms with van der Waals surface area (Å²) < 4.78 is 0. The van der Waals surface area contributed by atoms with Gasteiger partial charge in [0.25, 0.3) is 0 Å². The second-order valence-corrected chi connectivity index (χ2v) is 1.90. The fourth-order valence-electron chi connectivity index (χ4n) is 0.539. The molecule has 0 saturated carbocycles. The molecule has 6 heteroatoms. The summed E-state index contributed by atoms with van der Waals surface area (Å²) >= 11 is 0. The zero-order chi connectivity index (χ0) is 8.81. The molecule has 12 heavy (non-hydrogen) atoms. The van der Waals surface area contributed by atoms with Gasteiger partial charge in [0.1, 0.15) is 0 Å². The van der Waals surface area contributed by atoms with Gasteiger partial charge in [-0.25, -0.2) is 20.2 Å². The van der Waals surface area contributed by atoms with Gasteiger partial charge in [-0.15, -0.1) is 0 Å². The first kappa shape index (κ1) is 8.25. The van der Waals surface area contributed by atoms with E-state index in [9.17, 15) is 4.79 Å². The highest BCUT2D eigenvalue weighted by Gasteiger charge is 1.94. The number of carbonyl (C=O) groups excluding carboxylic acids is 1. The molecule has 0 fully saturated rings. The molecule has 0 radical (unpaired) electrons. The largest absolute Gasteiger partial charge is 0.340 e. The normalized spacial score (nSPS) is 8.75. The maximum absolute atomic E-state index is 10.6. The van der Waals surface area contributed by atoms with Gasteiger partial charge in [0.05, 0.1) is 0 Å². The quantitative estimate of drug-likeness (QED) is 0.530. The van der Waals surface area contributed by atoms with Crippen LogP contribution in [0.15, 0.2) is 18.5 Å². The third-order valence-electron chi connectivity index (χ3n) is 1.08. The molecule has 1 rings (SSSR count). The topological polar surface area (TPSA) is 78.9 Å². The number of aromatic nitrogens is 2. The van der Waals surface area contributed by atoms with Crippen LogP contribution in [0.25, 0.3) is 0 Å². The summed E-state index contributed by atoms with van der Waals surface area (Å²) in [7, 11) is 1.52. The highest BCUT2D eigenvalue weighted by molar-refractivity contribution is 5.74. The summed E-state index contributed by atoms with van der Waals surface area (Å²) in [5.74, 6) is 0.348. The molecule has 0 bridgehead atoms. The van der Waals surface area contributed by atoms with Crippen LogP contribution in [0.2, 0.25) is 0 Å². The van der Waals surface area contributed by atoms with Crippen molar-refractivity contribution < 1.29 is 4.79 Å². The van der Waals surface area contributed by atoms with Gasteiger partial charge < -0.3 is 5.32 Å². The van der Waals surface area contributed by atoms with E-state index in [1.165, 1.54) is 7.05 Å². The molecule has 0 aromatic carbocycles. The number of urea groups is 1. The second kappa shape index (κ2) is 4.12. The minimum absolute atomic E-state index is 0.345. The lowest BCUT2D eigenvalue weighted by molar-refractivity contribution is 0.244. The van der Waals surface area contributed by atoms with E-state index in [2.05, 4.69) is 26.1 Å². The lowest BCUT2D eigenvalue weighted by Crippen LogP contribution is -2.37. The zero-order valence-corrected chi connectivity index (χ0v) is 6.53. The molecule has 0 spiro atoms. The molecule has 1 aromatic rings. The summed E-state index contributed by atoms with van der Waals surface area (Å²) in [5, 5.41) is 2.37. The summed E-state index contributed by atoms with van der Waals surface area (Å²) in [4.78, 5) is 18.3. The van der Waals surface area contributed by atoms with Crippen molar-refractivity contribution in [2.45, 2.75) is 0 Å². The van der Waals surface area contributed by atoms with Crippen LogP contribution in [0.5, 0.6) is 0 Å². The molecule has 2 amide bonds. The Balaban J connectivity index is 2.38. The highest BCUT2D eigenvalue weighted by Crippen LogP contribution is 1.89. The third kappa shape index (κ3) is 2.41. The molecular formula is C6H9N5O. The Morgan fingerprint density at radius 1 is 1.42 bits per heavy atom. The molecule has 0 aliphatic carbocycles. The van der Waals surface area contributed by atoms with Crippen LogP contribution in [-0.2, 0) is 0 Å². The van der Waals surface area contributed by atoms with E-state index < -0.39 is 0 Å². The monoisotopic (exact) mass is 167 g/mol.